The lowest BCUT2D eigenvalue weighted by atomic mass is 10.2. The molecule has 3 aromatic rings. The van der Waals surface area contributed by atoms with Crippen molar-refractivity contribution in [1.29, 1.82) is 0 Å². The van der Waals surface area contributed by atoms with Gasteiger partial charge >= 0.3 is 26.4 Å². The van der Waals surface area contributed by atoms with Gasteiger partial charge in [0.25, 0.3) is 0 Å². The first-order chi connectivity index (χ1) is 15.3. The van der Waals surface area contributed by atoms with E-state index in [-0.39, 0.29) is 0 Å². The minimum Gasteiger partial charge on any atom is -0.387 e. The van der Waals surface area contributed by atoms with E-state index >= 15 is 0 Å². The summed E-state index contributed by atoms with van der Waals surface area (Å²) in [7, 11) is -12.8. The average molecular weight is 499 g/mol. The third-order valence-electron chi connectivity index (χ3n) is 5.59. The zero-order valence-corrected chi connectivity index (χ0v) is 22.8. The summed E-state index contributed by atoms with van der Waals surface area (Å²) in [5, 5.41) is 1.27. The molecule has 0 aliphatic carbocycles. The Labute approximate surface area is 198 Å². The highest BCUT2D eigenvalue weighted by Gasteiger charge is 2.67. The van der Waals surface area contributed by atoms with Gasteiger partial charge in [0.2, 0.25) is 0 Å². The van der Waals surface area contributed by atoms with Gasteiger partial charge in [0.05, 0.1) is 0 Å². The molecule has 1 aliphatic rings. The standard InChI is InChI=1S/C24H30O6Si3/c1-16-7-17(2)11-22(10-16)31(25)28-32(26,23-12-18(3)8-19(4)13-23)30-33(27,29-31)24-14-20(5)9-21(6)15-24/h7-15,25-27H,1-6H3. The molecule has 0 spiro atoms. The van der Waals surface area contributed by atoms with Crippen molar-refractivity contribution in [3.05, 3.63) is 88.0 Å². The van der Waals surface area contributed by atoms with Gasteiger partial charge < -0.3 is 26.7 Å². The fourth-order valence-corrected chi connectivity index (χ4v) is 15.9. The van der Waals surface area contributed by atoms with Gasteiger partial charge in [0, 0.05) is 15.6 Å². The van der Waals surface area contributed by atoms with E-state index < -0.39 is 26.4 Å². The maximum absolute atomic E-state index is 11.8. The molecule has 1 fully saturated rings. The van der Waals surface area contributed by atoms with Gasteiger partial charge in [0.15, 0.2) is 0 Å². The van der Waals surface area contributed by atoms with Gasteiger partial charge in [-0.25, -0.2) is 0 Å². The lowest BCUT2D eigenvalue weighted by Crippen LogP contribution is -2.81. The van der Waals surface area contributed by atoms with Crippen LogP contribution in [0.5, 0.6) is 0 Å². The van der Waals surface area contributed by atoms with Crippen molar-refractivity contribution < 1.29 is 26.7 Å². The molecule has 0 amide bonds. The summed E-state index contributed by atoms with van der Waals surface area (Å²) in [6.07, 6.45) is 0. The average Bonchev–Trinajstić information content (AvgIpc) is 2.65. The van der Waals surface area contributed by atoms with Crippen LogP contribution in [0.1, 0.15) is 33.4 Å². The van der Waals surface area contributed by atoms with E-state index in [1.807, 2.05) is 59.7 Å². The molecule has 9 heteroatoms. The fraction of sp³-hybridized carbons (Fsp3) is 0.250. The van der Waals surface area contributed by atoms with Gasteiger partial charge in [0.1, 0.15) is 0 Å². The summed E-state index contributed by atoms with van der Waals surface area (Å²) in [6, 6.07) is 16.6. The normalized spacial score (nSPS) is 27.5. The van der Waals surface area contributed by atoms with E-state index in [4.69, 9.17) is 12.3 Å². The highest BCUT2D eigenvalue weighted by atomic mass is 28.5. The van der Waals surface area contributed by atoms with Gasteiger partial charge in [-0.15, -0.1) is 0 Å². The van der Waals surface area contributed by atoms with Crippen LogP contribution in [0.4, 0.5) is 0 Å². The van der Waals surface area contributed by atoms with Gasteiger partial charge in [-0.1, -0.05) is 88.0 Å². The predicted molar refractivity (Wildman–Crippen MR) is 134 cm³/mol. The monoisotopic (exact) mass is 498 g/mol. The van der Waals surface area contributed by atoms with E-state index in [9.17, 15) is 14.4 Å². The zero-order valence-electron chi connectivity index (χ0n) is 19.8. The summed E-state index contributed by atoms with van der Waals surface area (Å²) in [5.41, 5.74) is 5.49. The van der Waals surface area contributed by atoms with Crippen LogP contribution in [-0.2, 0) is 12.3 Å². The molecule has 3 N–H and O–H groups in total. The van der Waals surface area contributed by atoms with E-state index in [1.54, 1.807) is 36.4 Å². The molecule has 1 heterocycles. The molecular weight excluding hydrogens is 469 g/mol. The van der Waals surface area contributed by atoms with Crippen molar-refractivity contribution in [2.75, 3.05) is 0 Å². The van der Waals surface area contributed by atoms with Crippen molar-refractivity contribution >= 4 is 42.0 Å². The van der Waals surface area contributed by atoms with Crippen molar-refractivity contribution in [2.45, 2.75) is 41.5 Å². The molecule has 6 nitrogen and oxygen atoms in total. The fourth-order valence-electron chi connectivity index (χ4n) is 4.45. The van der Waals surface area contributed by atoms with E-state index in [1.165, 1.54) is 0 Å². The zero-order chi connectivity index (χ0) is 24.2. The van der Waals surface area contributed by atoms with E-state index in [2.05, 4.69) is 0 Å². The highest BCUT2D eigenvalue weighted by Crippen LogP contribution is 2.28. The molecule has 0 radical (unpaired) electrons. The quantitative estimate of drug-likeness (QED) is 0.474. The Hall–Kier alpha value is -1.93. The van der Waals surface area contributed by atoms with E-state index in [0.717, 1.165) is 33.4 Å². The number of hydrogen-bond acceptors (Lipinski definition) is 6. The smallest absolute Gasteiger partial charge is 0.387 e. The molecule has 0 unspecified atom stereocenters. The SMILES string of the molecule is Cc1cc(C)cc([Si]2(O)O[Si](O)(c3cc(C)cc(C)c3)O[Si](O)(c3cc(C)cc(C)c3)O2)c1. The van der Waals surface area contributed by atoms with Crippen LogP contribution in [-0.4, -0.2) is 40.8 Å². The third-order valence-corrected chi connectivity index (χ3v) is 15.3. The van der Waals surface area contributed by atoms with Crippen LogP contribution in [0, 0.1) is 41.5 Å². The maximum Gasteiger partial charge on any atom is 0.520 e. The van der Waals surface area contributed by atoms with Crippen molar-refractivity contribution in [2.24, 2.45) is 0 Å². The van der Waals surface area contributed by atoms with Gasteiger partial charge in [-0.05, 0) is 41.5 Å². The molecular formula is C24H30O6Si3. The van der Waals surface area contributed by atoms with Gasteiger partial charge in [-0.2, -0.15) is 0 Å². The van der Waals surface area contributed by atoms with Crippen LogP contribution >= 0.6 is 0 Å². The van der Waals surface area contributed by atoms with Crippen LogP contribution in [0.3, 0.4) is 0 Å². The summed E-state index contributed by atoms with van der Waals surface area (Å²) < 4.78 is 18.2. The molecule has 0 saturated carbocycles. The van der Waals surface area contributed by atoms with Gasteiger partial charge in [-0.3, -0.25) is 0 Å². The van der Waals surface area contributed by atoms with Crippen molar-refractivity contribution in [3.8, 4) is 0 Å². The maximum atomic E-state index is 11.8. The number of benzene rings is 3. The number of hydrogen-bond donors (Lipinski definition) is 3. The Kier molecular flexibility index (Phi) is 6.15. The van der Waals surface area contributed by atoms with Crippen LogP contribution < -0.4 is 15.6 Å². The molecule has 0 aromatic heterocycles. The minimum atomic E-state index is -4.28. The largest absolute Gasteiger partial charge is 0.520 e. The Bertz CT molecular complexity index is 1010. The second-order valence-electron chi connectivity index (χ2n) is 9.18. The highest BCUT2D eigenvalue weighted by molar-refractivity contribution is 6.99. The summed E-state index contributed by atoms with van der Waals surface area (Å²) >= 11 is 0. The predicted octanol–water partition coefficient (Wildman–Crippen LogP) is 1.42. The molecule has 1 aliphatic heterocycles. The summed E-state index contributed by atoms with van der Waals surface area (Å²) in [4.78, 5) is 35.5. The minimum absolute atomic E-state index is 0.425. The molecule has 3 aromatic carbocycles. The molecule has 1 saturated heterocycles. The second kappa shape index (κ2) is 8.38. The number of aryl methyl sites for hydroxylation is 6. The Morgan fingerprint density at radius 1 is 0.394 bits per heavy atom. The Morgan fingerprint density at radius 3 is 0.758 bits per heavy atom. The lowest BCUT2D eigenvalue weighted by Gasteiger charge is -2.45. The molecule has 0 atom stereocenters. The van der Waals surface area contributed by atoms with Crippen molar-refractivity contribution in [1.82, 2.24) is 0 Å². The third kappa shape index (κ3) is 4.83. The lowest BCUT2D eigenvalue weighted by molar-refractivity contribution is 0.0928. The molecule has 0 bridgehead atoms. The Morgan fingerprint density at radius 2 is 0.576 bits per heavy atom. The first kappa shape index (κ1) is 24.2. The second-order valence-corrected chi connectivity index (χ2v) is 16.9. The summed E-state index contributed by atoms with van der Waals surface area (Å²) in [6.45, 7) is 11.5. The number of rotatable bonds is 3. The summed E-state index contributed by atoms with van der Waals surface area (Å²) in [5.74, 6) is 0. The van der Waals surface area contributed by atoms with Crippen molar-refractivity contribution in [3.63, 3.8) is 0 Å². The van der Waals surface area contributed by atoms with Crippen LogP contribution in [0.2, 0.25) is 0 Å². The first-order valence-corrected chi connectivity index (χ1v) is 16.1. The molecule has 4 rings (SSSR count). The molecule has 33 heavy (non-hydrogen) atoms. The topological polar surface area (TPSA) is 88.4 Å². The van der Waals surface area contributed by atoms with E-state index in [0.29, 0.717) is 15.6 Å². The van der Waals surface area contributed by atoms with Crippen LogP contribution in [0.15, 0.2) is 54.6 Å². The molecule has 174 valence electrons. The van der Waals surface area contributed by atoms with Crippen LogP contribution in [0.25, 0.3) is 0 Å². The first-order valence-electron chi connectivity index (χ1n) is 10.8. The Balaban J connectivity index is 1.93.